The van der Waals surface area contributed by atoms with Crippen LogP contribution in [0, 0.1) is 0 Å². The number of benzene rings is 2. The molecule has 0 aromatic heterocycles. The van der Waals surface area contributed by atoms with Crippen molar-refractivity contribution in [3.63, 3.8) is 0 Å². The summed E-state index contributed by atoms with van der Waals surface area (Å²) in [4.78, 5) is 4.63. The molecular formula is C22H32N2NiS4. The summed E-state index contributed by atoms with van der Waals surface area (Å²) in [5.74, 6) is 0. The quantitative estimate of drug-likeness (QED) is 0.174. The molecule has 0 spiro atoms. The molecule has 0 saturated carbocycles. The fourth-order valence-corrected chi connectivity index (χ4v) is 7.53. The molecule has 0 aliphatic rings. The number of anilines is 2. The molecule has 0 radical (unpaired) electrons. The van der Waals surface area contributed by atoms with Gasteiger partial charge in [-0.1, -0.05) is 0 Å². The second-order valence-corrected chi connectivity index (χ2v) is 13.1. The van der Waals surface area contributed by atoms with E-state index in [0.29, 0.717) is 0 Å². The topological polar surface area (TPSA) is 6.48 Å². The zero-order valence-electron chi connectivity index (χ0n) is 17.4. The molecule has 2 nitrogen and oxygen atoms in total. The van der Waals surface area contributed by atoms with Gasteiger partial charge in [0, 0.05) is 0 Å². The molecule has 0 bridgehead atoms. The first-order valence-electron chi connectivity index (χ1n) is 9.89. The summed E-state index contributed by atoms with van der Waals surface area (Å²) in [6.07, 6.45) is 0. The molecule has 2 rings (SSSR count). The van der Waals surface area contributed by atoms with Crippen LogP contribution in [-0.2, 0) is 20.5 Å². The van der Waals surface area contributed by atoms with Crippen molar-refractivity contribution in [1.82, 2.24) is 0 Å². The van der Waals surface area contributed by atoms with Crippen LogP contribution in [0.4, 0.5) is 11.4 Å². The summed E-state index contributed by atoms with van der Waals surface area (Å²) in [5, 5.41) is 0. The minimum absolute atomic E-state index is 0.712. The number of thiol groups is 4. The fraction of sp³-hybridized carbons (Fsp3) is 0.455. The Labute approximate surface area is 204 Å². The zero-order chi connectivity index (χ0) is 21.7. The van der Waals surface area contributed by atoms with E-state index in [1.54, 1.807) is 0 Å². The van der Waals surface area contributed by atoms with Gasteiger partial charge in [-0.15, -0.1) is 0 Å². The van der Waals surface area contributed by atoms with E-state index in [1.807, 2.05) is 0 Å². The average Bonchev–Trinajstić information content (AvgIpc) is 2.70. The summed E-state index contributed by atoms with van der Waals surface area (Å²) < 4.78 is -1.42. The van der Waals surface area contributed by atoms with Crippen LogP contribution in [0.3, 0.4) is 0 Å². The second-order valence-electron chi connectivity index (χ2n) is 6.61. The van der Waals surface area contributed by atoms with Crippen molar-refractivity contribution < 1.29 is 14.4 Å². The fourth-order valence-electron chi connectivity index (χ4n) is 3.17. The van der Waals surface area contributed by atoms with Gasteiger partial charge in [-0.3, -0.25) is 0 Å². The number of hydrogen-bond acceptors (Lipinski definition) is 6. The Morgan fingerprint density at radius 1 is 0.586 bits per heavy atom. The predicted molar refractivity (Wildman–Crippen MR) is 139 cm³/mol. The van der Waals surface area contributed by atoms with E-state index in [0.717, 1.165) is 37.3 Å². The van der Waals surface area contributed by atoms with Crippen molar-refractivity contribution in [2.45, 2.75) is 33.8 Å². The summed E-state index contributed by atoms with van der Waals surface area (Å²) in [5.41, 5.74) is 4.46. The Morgan fingerprint density at radius 3 is 1.10 bits per heavy atom. The summed E-state index contributed by atoms with van der Waals surface area (Å²) in [6.45, 7) is 12.6. The van der Waals surface area contributed by atoms with Crippen molar-refractivity contribution in [3.05, 3.63) is 59.7 Å². The van der Waals surface area contributed by atoms with Gasteiger partial charge in [-0.2, -0.15) is 0 Å². The number of hydrogen-bond donors (Lipinski definition) is 4. The van der Waals surface area contributed by atoms with Gasteiger partial charge >= 0.3 is 206 Å². The molecule has 0 heterocycles. The van der Waals surface area contributed by atoms with E-state index in [-0.39, 0.29) is 0 Å². The number of nitrogens with zero attached hydrogens (tertiary/aromatic N) is 2. The minimum atomic E-state index is -0.712. The predicted octanol–water partition coefficient (Wildman–Crippen LogP) is 6.10. The van der Waals surface area contributed by atoms with Crippen LogP contribution in [0.1, 0.15) is 38.8 Å². The van der Waals surface area contributed by atoms with Crippen LogP contribution in [0.15, 0.2) is 48.5 Å². The van der Waals surface area contributed by atoms with E-state index in [4.69, 9.17) is 50.5 Å². The number of rotatable bonds is 10. The van der Waals surface area contributed by atoms with Gasteiger partial charge < -0.3 is 0 Å². The molecule has 0 N–H and O–H groups in total. The second kappa shape index (κ2) is 11.0. The normalized spacial score (nSPS) is 12.3. The molecule has 0 unspecified atom stereocenters. The molecule has 0 aliphatic carbocycles. The van der Waals surface area contributed by atoms with Gasteiger partial charge in [0.15, 0.2) is 0 Å². The average molecular weight is 511 g/mol. The van der Waals surface area contributed by atoms with Gasteiger partial charge in [0.1, 0.15) is 0 Å². The summed E-state index contributed by atoms with van der Waals surface area (Å²) in [6, 6.07) is 16.9. The molecule has 7 heteroatoms. The maximum absolute atomic E-state index is 4.85. The summed E-state index contributed by atoms with van der Waals surface area (Å²) in [7, 11) is 0. The third-order valence-corrected chi connectivity index (χ3v) is 8.37. The molecule has 0 saturated heterocycles. The van der Waals surface area contributed by atoms with E-state index in [2.05, 4.69) is 86.0 Å². The summed E-state index contributed by atoms with van der Waals surface area (Å²) >= 11 is 20.7. The third-order valence-electron chi connectivity index (χ3n) is 4.91. The van der Waals surface area contributed by atoms with Gasteiger partial charge in [0.2, 0.25) is 0 Å². The van der Waals surface area contributed by atoms with E-state index < -0.39 is 6.10 Å². The molecule has 0 amide bonds. The Balaban J connectivity index is 2.19. The SMILES string of the molecule is CCN(CC)c1ccc([C](S)(S)[Ni][C](S)(S)c2ccc(N(CC)CC)cc2)cc1. The van der Waals surface area contributed by atoms with Crippen LogP contribution >= 0.6 is 50.5 Å². The Kier molecular flexibility index (Phi) is 9.55. The first-order chi connectivity index (χ1) is 13.7. The van der Waals surface area contributed by atoms with Crippen LogP contribution in [-0.4, -0.2) is 26.2 Å². The zero-order valence-corrected chi connectivity index (χ0v) is 22.0. The molecule has 2 aromatic carbocycles. The van der Waals surface area contributed by atoms with E-state index >= 15 is 0 Å². The van der Waals surface area contributed by atoms with E-state index in [1.165, 1.54) is 25.8 Å². The van der Waals surface area contributed by atoms with Gasteiger partial charge in [0.25, 0.3) is 0 Å². The monoisotopic (exact) mass is 510 g/mol. The van der Waals surface area contributed by atoms with Crippen LogP contribution in [0.2, 0.25) is 0 Å². The maximum atomic E-state index is 4.85. The molecule has 2 aromatic rings. The molecular weight excluding hydrogens is 479 g/mol. The molecule has 164 valence electrons. The van der Waals surface area contributed by atoms with E-state index in [9.17, 15) is 0 Å². The van der Waals surface area contributed by atoms with Crippen LogP contribution in [0.25, 0.3) is 0 Å². The van der Waals surface area contributed by atoms with Crippen molar-refractivity contribution in [3.8, 4) is 0 Å². The molecule has 29 heavy (non-hydrogen) atoms. The molecule has 0 aliphatic heterocycles. The Bertz CT molecular complexity index is 690. The van der Waals surface area contributed by atoms with Crippen molar-refractivity contribution in [1.29, 1.82) is 0 Å². The first kappa shape index (κ1) is 25.2. The van der Waals surface area contributed by atoms with Crippen molar-refractivity contribution >= 4 is 61.9 Å². The van der Waals surface area contributed by atoms with Gasteiger partial charge in [-0.25, -0.2) is 0 Å². The van der Waals surface area contributed by atoms with Crippen molar-refractivity contribution in [2.24, 2.45) is 0 Å². The van der Waals surface area contributed by atoms with Crippen LogP contribution in [0.5, 0.6) is 0 Å². The van der Waals surface area contributed by atoms with Gasteiger partial charge in [-0.05, 0) is 0 Å². The Hall–Kier alpha value is -0.0665. The Morgan fingerprint density at radius 2 is 0.862 bits per heavy atom. The molecule has 0 atom stereocenters. The van der Waals surface area contributed by atoms with Gasteiger partial charge in [0.05, 0.1) is 0 Å². The standard InChI is InChI=1S/2C11H16NS2.Ni/c2*1-3-12(4-2)10-7-5-9(6-8-10)11(13)14;/h2*5-8,13-14H,3-4H2,1-2H3;. The third kappa shape index (κ3) is 6.46. The molecule has 0 fully saturated rings. The van der Waals surface area contributed by atoms with Crippen molar-refractivity contribution in [2.75, 3.05) is 36.0 Å². The first-order valence-corrected chi connectivity index (χ1v) is 12.7. The van der Waals surface area contributed by atoms with Crippen LogP contribution < -0.4 is 9.80 Å².